The van der Waals surface area contributed by atoms with Crippen LogP contribution >= 0.6 is 0 Å². The summed E-state index contributed by atoms with van der Waals surface area (Å²) in [5.41, 5.74) is 3.22. The smallest absolute Gasteiger partial charge is 0.0816 e. The minimum absolute atomic E-state index is 0.149. The summed E-state index contributed by atoms with van der Waals surface area (Å²) >= 11 is 0. The van der Waals surface area contributed by atoms with E-state index in [0.717, 1.165) is 6.54 Å². The summed E-state index contributed by atoms with van der Waals surface area (Å²) in [6, 6.07) is 9.29. The largest absolute Gasteiger partial charge is 0.369 e. The third-order valence-corrected chi connectivity index (χ3v) is 5.28. The average Bonchev–Trinajstić information content (AvgIpc) is 3.16. The zero-order valence-corrected chi connectivity index (χ0v) is 15.0. The van der Waals surface area contributed by atoms with Crippen LogP contribution in [0.5, 0.6) is 0 Å². The Kier molecular flexibility index (Phi) is 3.89. The van der Waals surface area contributed by atoms with E-state index in [1.54, 1.807) is 0 Å². The van der Waals surface area contributed by atoms with Crippen molar-refractivity contribution in [1.82, 2.24) is 4.90 Å². The van der Waals surface area contributed by atoms with Gasteiger partial charge in [-0.3, -0.25) is 4.90 Å². The zero-order chi connectivity index (χ0) is 16.1. The van der Waals surface area contributed by atoms with Crippen molar-refractivity contribution in [2.24, 2.45) is 0 Å². The standard InChI is InChI=1S/C20H31NO/c1-14(2)16-9-7-8-10-17(16)18-15(3)22-20(11-12-20)13-21(18)19(4,5)6/h7-10,14-15,18H,11-13H2,1-6H3. The molecule has 0 radical (unpaired) electrons. The van der Waals surface area contributed by atoms with Gasteiger partial charge in [-0.2, -0.15) is 0 Å². The minimum atomic E-state index is 0.149. The molecule has 3 rings (SSSR count). The van der Waals surface area contributed by atoms with E-state index in [1.807, 2.05) is 0 Å². The highest BCUT2D eigenvalue weighted by atomic mass is 16.5. The average molecular weight is 301 g/mol. The molecule has 0 N–H and O–H groups in total. The summed E-state index contributed by atoms with van der Waals surface area (Å²) in [6.07, 6.45) is 2.70. The number of ether oxygens (including phenoxy) is 1. The summed E-state index contributed by atoms with van der Waals surface area (Å²) in [4.78, 5) is 2.69. The monoisotopic (exact) mass is 301 g/mol. The summed E-state index contributed by atoms with van der Waals surface area (Å²) < 4.78 is 6.47. The van der Waals surface area contributed by atoms with Gasteiger partial charge in [0.25, 0.3) is 0 Å². The van der Waals surface area contributed by atoms with Crippen LogP contribution in [0.4, 0.5) is 0 Å². The molecule has 2 heteroatoms. The van der Waals surface area contributed by atoms with Crippen molar-refractivity contribution in [2.45, 2.75) is 83.6 Å². The maximum Gasteiger partial charge on any atom is 0.0816 e. The molecule has 1 saturated heterocycles. The lowest BCUT2D eigenvalue weighted by Gasteiger charge is -2.51. The molecule has 2 aliphatic rings. The molecular formula is C20H31NO. The van der Waals surface area contributed by atoms with E-state index >= 15 is 0 Å². The maximum absolute atomic E-state index is 6.47. The Hall–Kier alpha value is -0.860. The lowest BCUT2D eigenvalue weighted by Crippen LogP contribution is -2.57. The molecule has 0 aromatic heterocycles. The first kappa shape index (κ1) is 16.0. The Morgan fingerprint density at radius 1 is 1.18 bits per heavy atom. The molecule has 2 unspecified atom stereocenters. The highest BCUT2D eigenvalue weighted by Crippen LogP contribution is 2.50. The third kappa shape index (κ3) is 2.83. The van der Waals surface area contributed by atoms with Gasteiger partial charge in [-0.1, -0.05) is 38.1 Å². The van der Waals surface area contributed by atoms with E-state index in [4.69, 9.17) is 4.74 Å². The van der Waals surface area contributed by atoms with Crippen molar-refractivity contribution in [3.05, 3.63) is 35.4 Å². The van der Waals surface area contributed by atoms with Gasteiger partial charge in [0.15, 0.2) is 0 Å². The summed E-state index contributed by atoms with van der Waals surface area (Å²) in [6.45, 7) is 14.9. The number of hydrogen-bond donors (Lipinski definition) is 0. The van der Waals surface area contributed by atoms with Crippen molar-refractivity contribution in [3.8, 4) is 0 Å². The molecule has 0 bridgehead atoms. The Morgan fingerprint density at radius 2 is 1.82 bits per heavy atom. The molecule has 22 heavy (non-hydrogen) atoms. The predicted molar refractivity (Wildman–Crippen MR) is 92.2 cm³/mol. The van der Waals surface area contributed by atoms with E-state index in [1.165, 1.54) is 24.0 Å². The van der Waals surface area contributed by atoms with Crippen molar-refractivity contribution >= 4 is 0 Å². The normalized spacial score (nSPS) is 28.3. The van der Waals surface area contributed by atoms with Gasteiger partial charge in [-0.25, -0.2) is 0 Å². The molecule has 2 fully saturated rings. The molecule has 1 aliphatic carbocycles. The second-order valence-corrected chi connectivity index (χ2v) is 8.53. The van der Waals surface area contributed by atoms with Crippen LogP contribution in [0.3, 0.4) is 0 Å². The number of rotatable bonds is 2. The fourth-order valence-electron chi connectivity index (χ4n) is 3.95. The van der Waals surface area contributed by atoms with Crippen LogP contribution in [0, 0.1) is 0 Å². The molecule has 2 atom stereocenters. The van der Waals surface area contributed by atoms with E-state index in [-0.39, 0.29) is 17.2 Å². The lowest BCUT2D eigenvalue weighted by molar-refractivity contribution is -0.152. The topological polar surface area (TPSA) is 12.5 Å². The molecule has 1 aromatic carbocycles. The summed E-state index contributed by atoms with van der Waals surface area (Å²) in [5.74, 6) is 0.544. The molecule has 1 aromatic rings. The van der Waals surface area contributed by atoms with Crippen molar-refractivity contribution in [1.29, 1.82) is 0 Å². The molecule has 122 valence electrons. The van der Waals surface area contributed by atoms with Crippen LogP contribution < -0.4 is 0 Å². The Bertz CT molecular complexity index is 539. The molecule has 1 saturated carbocycles. The van der Waals surface area contributed by atoms with E-state index in [0.29, 0.717) is 12.0 Å². The second kappa shape index (κ2) is 5.35. The van der Waals surface area contributed by atoms with Crippen LogP contribution in [0.15, 0.2) is 24.3 Å². The SMILES string of the molecule is CC(C)c1ccccc1C1C(C)OC2(CC2)CN1C(C)(C)C. The highest BCUT2D eigenvalue weighted by Gasteiger charge is 2.54. The van der Waals surface area contributed by atoms with Gasteiger partial charge in [0.2, 0.25) is 0 Å². The fourth-order valence-corrected chi connectivity index (χ4v) is 3.95. The molecule has 1 heterocycles. The van der Waals surface area contributed by atoms with Crippen LogP contribution in [0.2, 0.25) is 0 Å². The Morgan fingerprint density at radius 3 is 2.36 bits per heavy atom. The highest BCUT2D eigenvalue weighted by molar-refractivity contribution is 5.34. The summed E-state index contributed by atoms with van der Waals surface area (Å²) in [5, 5.41) is 0. The van der Waals surface area contributed by atoms with Gasteiger partial charge in [-0.15, -0.1) is 0 Å². The molecule has 0 amide bonds. The molecular weight excluding hydrogens is 270 g/mol. The van der Waals surface area contributed by atoms with Crippen LogP contribution in [0.25, 0.3) is 0 Å². The molecule has 1 aliphatic heterocycles. The number of morpholine rings is 1. The van der Waals surface area contributed by atoms with Crippen molar-refractivity contribution in [2.75, 3.05) is 6.54 Å². The molecule has 2 nitrogen and oxygen atoms in total. The van der Waals surface area contributed by atoms with Crippen molar-refractivity contribution < 1.29 is 4.74 Å². The number of benzene rings is 1. The fraction of sp³-hybridized carbons (Fsp3) is 0.700. The van der Waals surface area contributed by atoms with Crippen molar-refractivity contribution in [3.63, 3.8) is 0 Å². The first-order valence-corrected chi connectivity index (χ1v) is 8.77. The zero-order valence-electron chi connectivity index (χ0n) is 15.0. The first-order valence-electron chi connectivity index (χ1n) is 8.77. The first-order chi connectivity index (χ1) is 10.2. The summed E-state index contributed by atoms with van der Waals surface area (Å²) in [7, 11) is 0. The second-order valence-electron chi connectivity index (χ2n) is 8.53. The number of hydrogen-bond acceptors (Lipinski definition) is 2. The van der Waals surface area contributed by atoms with Crippen LogP contribution in [-0.2, 0) is 4.74 Å². The van der Waals surface area contributed by atoms with Gasteiger partial charge >= 0.3 is 0 Å². The quantitative estimate of drug-likeness (QED) is 0.770. The van der Waals surface area contributed by atoms with Crippen LogP contribution in [-0.4, -0.2) is 28.7 Å². The van der Waals surface area contributed by atoms with E-state index < -0.39 is 0 Å². The maximum atomic E-state index is 6.47. The van der Waals surface area contributed by atoms with Gasteiger partial charge < -0.3 is 4.74 Å². The van der Waals surface area contributed by atoms with Gasteiger partial charge in [0.1, 0.15) is 0 Å². The number of nitrogens with zero attached hydrogens (tertiary/aromatic N) is 1. The van der Waals surface area contributed by atoms with E-state index in [2.05, 4.69) is 70.7 Å². The van der Waals surface area contributed by atoms with E-state index in [9.17, 15) is 0 Å². The predicted octanol–water partition coefficient (Wildman–Crippen LogP) is 4.90. The lowest BCUT2D eigenvalue weighted by atomic mass is 9.86. The van der Waals surface area contributed by atoms with Gasteiger partial charge in [0, 0.05) is 12.1 Å². The third-order valence-electron chi connectivity index (χ3n) is 5.28. The van der Waals surface area contributed by atoms with Gasteiger partial charge in [0.05, 0.1) is 17.7 Å². The molecule has 1 spiro atoms. The van der Waals surface area contributed by atoms with Crippen LogP contribution in [0.1, 0.15) is 77.5 Å². The Labute approximate surface area is 135 Å². The Balaban J connectivity index is 2.03. The van der Waals surface area contributed by atoms with Gasteiger partial charge in [-0.05, 0) is 57.6 Å². The minimum Gasteiger partial charge on any atom is -0.369 e.